The van der Waals surface area contributed by atoms with E-state index in [4.69, 9.17) is 4.74 Å². The number of pyridine rings is 1. The Labute approximate surface area is 200 Å². The highest BCUT2D eigenvalue weighted by Gasteiger charge is 2.30. The Balaban J connectivity index is 1.53. The summed E-state index contributed by atoms with van der Waals surface area (Å²) in [5, 5.41) is 3.04. The molecule has 176 valence electrons. The summed E-state index contributed by atoms with van der Waals surface area (Å²) in [5.74, 6) is 0.424. The minimum absolute atomic E-state index is 0.0663. The zero-order valence-corrected chi connectivity index (χ0v) is 19.6. The van der Waals surface area contributed by atoms with E-state index in [9.17, 15) is 9.59 Å². The fourth-order valence-corrected chi connectivity index (χ4v) is 4.12. The van der Waals surface area contributed by atoms with Crippen molar-refractivity contribution in [2.45, 2.75) is 32.9 Å². The van der Waals surface area contributed by atoms with Crippen LogP contribution in [0.25, 0.3) is 0 Å². The summed E-state index contributed by atoms with van der Waals surface area (Å²) in [5.41, 5.74) is 4.02. The molecule has 4 rings (SSSR count). The van der Waals surface area contributed by atoms with Crippen molar-refractivity contribution in [3.05, 3.63) is 89.6 Å². The van der Waals surface area contributed by atoms with E-state index < -0.39 is 6.04 Å². The summed E-state index contributed by atoms with van der Waals surface area (Å²) >= 11 is 0. The number of hydrogen-bond acceptors (Lipinski definition) is 5. The van der Waals surface area contributed by atoms with Gasteiger partial charge in [0, 0.05) is 25.8 Å². The first-order valence-electron chi connectivity index (χ1n) is 11.6. The minimum Gasteiger partial charge on any atom is -0.466 e. The quantitative estimate of drug-likeness (QED) is 0.523. The number of nitrogens with one attached hydrogen (secondary N) is 1. The highest BCUT2D eigenvalue weighted by molar-refractivity contribution is 5.96. The molecule has 0 spiro atoms. The zero-order valence-electron chi connectivity index (χ0n) is 19.6. The normalized spacial score (nSPS) is 13.7. The zero-order chi connectivity index (χ0) is 23.9. The fraction of sp³-hybridized carbons (Fsp3) is 0.296. The molecule has 1 aliphatic heterocycles. The third kappa shape index (κ3) is 5.54. The molecule has 34 heavy (non-hydrogen) atoms. The third-order valence-electron chi connectivity index (χ3n) is 5.86. The van der Waals surface area contributed by atoms with E-state index in [2.05, 4.69) is 46.4 Å². The Hall–Kier alpha value is -3.87. The summed E-state index contributed by atoms with van der Waals surface area (Å²) in [6.45, 7) is 6.03. The topological polar surface area (TPSA) is 74.8 Å². The number of aryl methyl sites for hydroxylation is 1. The fourth-order valence-electron chi connectivity index (χ4n) is 4.12. The largest absolute Gasteiger partial charge is 0.466 e. The number of esters is 1. The van der Waals surface area contributed by atoms with Gasteiger partial charge in [0.15, 0.2) is 5.82 Å². The van der Waals surface area contributed by atoms with Gasteiger partial charge in [0.25, 0.3) is 0 Å². The van der Waals surface area contributed by atoms with E-state index in [1.165, 1.54) is 11.1 Å². The van der Waals surface area contributed by atoms with Crippen molar-refractivity contribution in [2.24, 2.45) is 0 Å². The molecule has 1 atom stereocenters. The summed E-state index contributed by atoms with van der Waals surface area (Å²) < 4.78 is 5.13. The predicted molar refractivity (Wildman–Crippen MR) is 133 cm³/mol. The minimum atomic E-state index is -0.488. The van der Waals surface area contributed by atoms with Crippen LogP contribution in [0, 0.1) is 6.92 Å². The standard InChI is InChI=1S/C27H30N4O3/c1-3-34-25(32)18-23(22-8-5-4-6-9-22)29-27(33)31-17-16-30(26-24(31)10-7-15-28-26)19-21-13-11-20(2)12-14-21/h4-15,23H,3,16-19H2,1-2H3,(H,29,33)/t23-/m1/s1. The average molecular weight is 459 g/mol. The van der Waals surface area contributed by atoms with Crippen molar-refractivity contribution < 1.29 is 14.3 Å². The molecular weight excluding hydrogens is 428 g/mol. The molecule has 0 radical (unpaired) electrons. The monoisotopic (exact) mass is 458 g/mol. The van der Waals surface area contributed by atoms with Gasteiger partial charge >= 0.3 is 12.0 Å². The second kappa shape index (κ2) is 10.8. The van der Waals surface area contributed by atoms with Crippen molar-refractivity contribution in [2.75, 3.05) is 29.5 Å². The van der Waals surface area contributed by atoms with Crippen LogP contribution in [0.15, 0.2) is 72.9 Å². The molecule has 2 amide bonds. The second-order valence-corrected chi connectivity index (χ2v) is 8.33. The van der Waals surface area contributed by atoms with E-state index in [1.807, 2.05) is 42.5 Å². The molecule has 7 heteroatoms. The first kappa shape index (κ1) is 23.3. The van der Waals surface area contributed by atoms with Crippen molar-refractivity contribution >= 4 is 23.5 Å². The first-order valence-corrected chi connectivity index (χ1v) is 11.6. The van der Waals surface area contributed by atoms with Crippen LogP contribution in [0.5, 0.6) is 0 Å². The van der Waals surface area contributed by atoms with E-state index in [0.29, 0.717) is 19.7 Å². The van der Waals surface area contributed by atoms with Gasteiger partial charge in [-0.15, -0.1) is 0 Å². The van der Waals surface area contributed by atoms with E-state index >= 15 is 0 Å². The lowest BCUT2D eigenvalue weighted by atomic mass is 10.0. The van der Waals surface area contributed by atoms with Crippen LogP contribution in [0.4, 0.5) is 16.3 Å². The molecule has 2 aromatic carbocycles. The number of nitrogens with zero attached hydrogens (tertiary/aromatic N) is 3. The Bertz CT molecular complexity index is 1120. The summed E-state index contributed by atoms with van der Waals surface area (Å²) in [6, 6.07) is 20.9. The van der Waals surface area contributed by atoms with Crippen molar-refractivity contribution in [3.8, 4) is 0 Å². The number of amides is 2. The maximum atomic E-state index is 13.4. The van der Waals surface area contributed by atoms with Crippen LogP contribution < -0.4 is 15.1 Å². The molecule has 0 unspecified atom stereocenters. The SMILES string of the molecule is CCOC(=O)C[C@@H](NC(=O)N1CCN(Cc2ccc(C)cc2)c2ncccc21)c1ccccc1. The van der Waals surface area contributed by atoms with E-state index in [1.54, 1.807) is 18.0 Å². The number of anilines is 2. The van der Waals surface area contributed by atoms with Gasteiger partial charge in [-0.2, -0.15) is 0 Å². The highest BCUT2D eigenvalue weighted by atomic mass is 16.5. The molecule has 0 saturated carbocycles. The van der Waals surface area contributed by atoms with Gasteiger partial charge in [-0.05, 0) is 37.1 Å². The maximum absolute atomic E-state index is 13.4. The number of ether oxygens (including phenoxy) is 1. The van der Waals surface area contributed by atoms with Gasteiger partial charge < -0.3 is 15.0 Å². The first-order chi connectivity index (χ1) is 16.5. The molecule has 0 bridgehead atoms. The van der Waals surface area contributed by atoms with Gasteiger partial charge in [0.05, 0.1) is 24.8 Å². The number of benzene rings is 2. The Morgan fingerprint density at radius 3 is 2.53 bits per heavy atom. The third-order valence-corrected chi connectivity index (χ3v) is 5.86. The summed E-state index contributed by atoms with van der Waals surface area (Å²) in [4.78, 5) is 34.1. The van der Waals surface area contributed by atoms with Crippen LogP contribution in [0.2, 0.25) is 0 Å². The summed E-state index contributed by atoms with van der Waals surface area (Å²) in [6.07, 6.45) is 1.81. The lowest BCUT2D eigenvalue weighted by Gasteiger charge is -2.37. The highest BCUT2D eigenvalue weighted by Crippen LogP contribution is 2.32. The molecule has 0 aliphatic carbocycles. The Morgan fingerprint density at radius 2 is 1.79 bits per heavy atom. The molecule has 7 nitrogen and oxygen atoms in total. The van der Waals surface area contributed by atoms with Crippen LogP contribution in [-0.4, -0.2) is 36.7 Å². The number of hydrogen-bond donors (Lipinski definition) is 1. The predicted octanol–water partition coefficient (Wildman–Crippen LogP) is 4.62. The van der Waals surface area contributed by atoms with Gasteiger partial charge in [-0.3, -0.25) is 9.69 Å². The molecular formula is C27H30N4O3. The number of aromatic nitrogens is 1. The number of urea groups is 1. The lowest BCUT2D eigenvalue weighted by Crippen LogP contribution is -2.49. The van der Waals surface area contributed by atoms with Crippen LogP contribution in [0.3, 0.4) is 0 Å². The van der Waals surface area contributed by atoms with Crippen molar-refractivity contribution in [1.82, 2.24) is 10.3 Å². The van der Waals surface area contributed by atoms with Gasteiger partial charge in [0.2, 0.25) is 0 Å². The van der Waals surface area contributed by atoms with E-state index in [-0.39, 0.29) is 18.4 Å². The number of fused-ring (bicyclic) bond motifs is 1. The van der Waals surface area contributed by atoms with Gasteiger partial charge in [-0.1, -0.05) is 60.2 Å². The average Bonchev–Trinajstić information content (AvgIpc) is 2.86. The van der Waals surface area contributed by atoms with Crippen molar-refractivity contribution in [1.29, 1.82) is 0 Å². The second-order valence-electron chi connectivity index (χ2n) is 8.33. The molecule has 1 N–H and O–H groups in total. The Morgan fingerprint density at radius 1 is 1.03 bits per heavy atom. The van der Waals surface area contributed by atoms with Gasteiger partial charge in [0.1, 0.15) is 0 Å². The molecule has 1 aliphatic rings. The maximum Gasteiger partial charge on any atom is 0.322 e. The molecule has 2 heterocycles. The Kier molecular flexibility index (Phi) is 7.42. The molecule has 1 aromatic heterocycles. The van der Waals surface area contributed by atoms with Crippen molar-refractivity contribution in [3.63, 3.8) is 0 Å². The molecule has 0 fully saturated rings. The smallest absolute Gasteiger partial charge is 0.322 e. The molecule has 0 saturated heterocycles. The van der Waals surface area contributed by atoms with Crippen LogP contribution >= 0.6 is 0 Å². The number of carbonyl (C=O) groups is 2. The van der Waals surface area contributed by atoms with Crippen LogP contribution in [-0.2, 0) is 16.1 Å². The number of rotatable bonds is 7. The molecule has 3 aromatic rings. The van der Waals surface area contributed by atoms with Crippen LogP contribution in [0.1, 0.15) is 36.1 Å². The van der Waals surface area contributed by atoms with Gasteiger partial charge in [-0.25, -0.2) is 9.78 Å². The summed E-state index contributed by atoms with van der Waals surface area (Å²) in [7, 11) is 0. The van der Waals surface area contributed by atoms with E-state index in [0.717, 1.165) is 23.6 Å². The lowest BCUT2D eigenvalue weighted by molar-refractivity contribution is -0.143. The number of carbonyl (C=O) groups excluding carboxylic acids is 2.